The van der Waals surface area contributed by atoms with Gasteiger partial charge in [-0.1, -0.05) is 12.1 Å². The zero-order valence-electron chi connectivity index (χ0n) is 15.0. The molecule has 0 spiro atoms. The maximum Gasteiger partial charge on any atom is 0.255 e. The summed E-state index contributed by atoms with van der Waals surface area (Å²) in [6.45, 7) is 2.54. The molecule has 1 unspecified atom stereocenters. The molecule has 0 bridgehead atoms. The topological polar surface area (TPSA) is 111 Å². The van der Waals surface area contributed by atoms with Gasteiger partial charge in [-0.3, -0.25) is 19.7 Å². The van der Waals surface area contributed by atoms with Gasteiger partial charge in [0.05, 0.1) is 6.10 Å². The summed E-state index contributed by atoms with van der Waals surface area (Å²) in [5.74, 6) is -0.841. The number of carbonyl (C=O) groups excluding carboxylic acids is 3. The molecule has 8 heteroatoms. The molecule has 8 nitrogen and oxygen atoms in total. The van der Waals surface area contributed by atoms with E-state index in [0.717, 1.165) is 30.6 Å². The summed E-state index contributed by atoms with van der Waals surface area (Å²) in [7, 11) is 0. The van der Waals surface area contributed by atoms with Crippen LogP contribution in [0.5, 0.6) is 0 Å². The van der Waals surface area contributed by atoms with E-state index < -0.39 is 11.9 Å². The summed E-state index contributed by atoms with van der Waals surface area (Å²) in [6.07, 6.45) is 0.997. The number of aliphatic hydroxyl groups excluding tert-OH is 1. The first-order valence-electron chi connectivity index (χ1n) is 9.41. The summed E-state index contributed by atoms with van der Waals surface area (Å²) in [4.78, 5) is 37.7. The molecule has 0 saturated carbocycles. The average Bonchev–Trinajstić information content (AvgIpc) is 2.97. The second kappa shape index (κ2) is 7.38. The van der Waals surface area contributed by atoms with Crippen molar-refractivity contribution in [3.63, 3.8) is 0 Å². The van der Waals surface area contributed by atoms with E-state index in [9.17, 15) is 19.5 Å². The smallest absolute Gasteiger partial charge is 0.255 e. The highest BCUT2D eigenvalue weighted by Gasteiger charge is 2.39. The Kier molecular flexibility index (Phi) is 4.94. The predicted octanol–water partition coefficient (Wildman–Crippen LogP) is -0.740. The van der Waals surface area contributed by atoms with E-state index in [-0.39, 0.29) is 30.4 Å². The van der Waals surface area contributed by atoms with Gasteiger partial charge in [0, 0.05) is 37.7 Å². The maximum atomic E-state index is 12.7. The second-order valence-electron chi connectivity index (χ2n) is 7.44. The number of rotatable bonds is 4. The van der Waals surface area contributed by atoms with E-state index in [4.69, 9.17) is 0 Å². The van der Waals surface area contributed by atoms with Gasteiger partial charge in [-0.2, -0.15) is 0 Å². The van der Waals surface area contributed by atoms with E-state index in [1.54, 1.807) is 11.0 Å². The van der Waals surface area contributed by atoms with Gasteiger partial charge in [-0.25, -0.2) is 0 Å². The molecule has 0 aromatic heterocycles. The molecule has 27 heavy (non-hydrogen) atoms. The summed E-state index contributed by atoms with van der Waals surface area (Å²) in [5, 5.41) is 19.0. The molecule has 144 valence electrons. The molecule has 3 amide bonds. The van der Waals surface area contributed by atoms with Crippen molar-refractivity contribution in [2.75, 3.05) is 13.1 Å². The van der Waals surface area contributed by atoms with Gasteiger partial charge in [0.25, 0.3) is 5.91 Å². The van der Waals surface area contributed by atoms with Gasteiger partial charge >= 0.3 is 0 Å². The lowest BCUT2D eigenvalue weighted by atomic mass is 10.0. The van der Waals surface area contributed by atoms with Gasteiger partial charge in [-0.05, 0) is 36.6 Å². The Bertz CT molecular complexity index is 781. The maximum absolute atomic E-state index is 12.7. The Morgan fingerprint density at radius 3 is 2.85 bits per heavy atom. The quantitative estimate of drug-likeness (QED) is 0.518. The van der Waals surface area contributed by atoms with Crippen LogP contribution in [0.15, 0.2) is 18.2 Å². The number of benzene rings is 1. The van der Waals surface area contributed by atoms with Gasteiger partial charge in [0.15, 0.2) is 0 Å². The number of fused-ring (bicyclic) bond motifs is 1. The number of aliphatic hydroxyl groups is 1. The fraction of sp³-hybridized carbons (Fsp3) is 0.526. The molecular weight excluding hydrogens is 348 g/mol. The van der Waals surface area contributed by atoms with E-state index in [2.05, 4.69) is 16.0 Å². The zero-order valence-corrected chi connectivity index (χ0v) is 15.0. The first-order chi connectivity index (χ1) is 13.0. The number of amides is 3. The van der Waals surface area contributed by atoms with Crippen LogP contribution >= 0.6 is 0 Å². The Morgan fingerprint density at radius 1 is 1.22 bits per heavy atom. The molecule has 2 saturated heterocycles. The number of carbonyl (C=O) groups is 3. The van der Waals surface area contributed by atoms with Crippen LogP contribution in [0.4, 0.5) is 0 Å². The average molecular weight is 372 g/mol. The number of imide groups is 1. The van der Waals surface area contributed by atoms with Crippen LogP contribution < -0.4 is 16.0 Å². The minimum absolute atomic E-state index is 0.00797. The van der Waals surface area contributed by atoms with Crippen LogP contribution in [0.3, 0.4) is 0 Å². The monoisotopic (exact) mass is 372 g/mol. The third-order valence-electron chi connectivity index (χ3n) is 5.60. The highest BCUT2D eigenvalue weighted by molar-refractivity contribution is 6.05. The largest absolute Gasteiger partial charge is 0.391 e. The van der Waals surface area contributed by atoms with Crippen molar-refractivity contribution in [3.05, 3.63) is 34.9 Å². The van der Waals surface area contributed by atoms with Crippen molar-refractivity contribution < 1.29 is 19.5 Å². The Morgan fingerprint density at radius 2 is 2.07 bits per heavy atom. The van der Waals surface area contributed by atoms with E-state index >= 15 is 0 Å². The summed E-state index contributed by atoms with van der Waals surface area (Å²) in [6, 6.07) is 5.10. The Hall–Kier alpha value is -2.29. The number of nitrogens with one attached hydrogen (secondary N) is 3. The lowest BCUT2D eigenvalue weighted by Gasteiger charge is -2.29. The van der Waals surface area contributed by atoms with E-state index in [1.807, 2.05) is 12.1 Å². The third kappa shape index (κ3) is 3.60. The Balaban J connectivity index is 1.43. The first-order valence-corrected chi connectivity index (χ1v) is 9.41. The lowest BCUT2D eigenvalue weighted by molar-refractivity contribution is -0.136. The van der Waals surface area contributed by atoms with Gasteiger partial charge in [0.2, 0.25) is 11.8 Å². The number of piperidine rings is 2. The van der Waals surface area contributed by atoms with Crippen LogP contribution in [-0.2, 0) is 22.7 Å². The fourth-order valence-electron chi connectivity index (χ4n) is 4.04. The third-order valence-corrected chi connectivity index (χ3v) is 5.60. The summed E-state index contributed by atoms with van der Waals surface area (Å²) >= 11 is 0. The number of hydrogen-bond donors (Lipinski definition) is 4. The van der Waals surface area contributed by atoms with Crippen molar-refractivity contribution >= 4 is 17.7 Å². The Labute approximate surface area is 157 Å². The number of hydrogen-bond acceptors (Lipinski definition) is 6. The van der Waals surface area contributed by atoms with Crippen LogP contribution in [-0.4, -0.2) is 59.0 Å². The molecule has 4 N–H and O–H groups in total. The van der Waals surface area contributed by atoms with Crippen molar-refractivity contribution in [3.8, 4) is 0 Å². The lowest BCUT2D eigenvalue weighted by Crippen LogP contribution is -2.52. The van der Waals surface area contributed by atoms with Crippen molar-refractivity contribution in [2.24, 2.45) is 0 Å². The standard InChI is InChI=1S/C19H24N4O4/c24-16-5-6-20-9-14(16)21-8-11-1-2-13-12(7-11)10-23(19(13)27)15-3-4-17(25)22-18(15)26/h1-2,7,14-16,20-21,24H,3-6,8-10H2,(H,22,25,26)/t14-,15?,16-/m1/s1. The SMILES string of the molecule is O=C1CCC(N2Cc3cc(CN[C@@H]4CNCC[C@H]4O)ccc3C2=O)C(=O)N1. The molecule has 3 heterocycles. The molecule has 4 rings (SSSR count). The van der Waals surface area contributed by atoms with Crippen LogP contribution in [0.1, 0.15) is 40.7 Å². The van der Waals surface area contributed by atoms with Crippen molar-refractivity contribution in [1.29, 1.82) is 0 Å². The van der Waals surface area contributed by atoms with Crippen molar-refractivity contribution in [1.82, 2.24) is 20.9 Å². The molecule has 1 aromatic carbocycles. The highest BCUT2D eigenvalue weighted by Crippen LogP contribution is 2.28. The molecule has 2 fully saturated rings. The fourth-order valence-corrected chi connectivity index (χ4v) is 4.04. The number of nitrogens with zero attached hydrogens (tertiary/aromatic N) is 1. The minimum atomic E-state index is -0.590. The van der Waals surface area contributed by atoms with Gasteiger partial charge < -0.3 is 20.6 Å². The van der Waals surface area contributed by atoms with Gasteiger partial charge in [0.1, 0.15) is 6.04 Å². The van der Waals surface area contributed by atoms with E-state index in [0.29, 0.717) is 25.1 Å². The van der Waals surface area contributed by atoms with E-state index in [1.165, 1.54) is 0 Å². The molecule has 3 atom stereocenters. The second-order valence-corrected chi connectivity index (χ2v) is 7.44. The molecule has 0 aliphatic carbocycles. The highest BCUT2D eigenvalue weighted by atomic mass is 16.3. The normalized spacial score (nSPS) is 28.3. The predicted molar refractivity (Wildman–Crippen MR) is 96.6 cm³/mol. The molecule has 3 aliphatic heterocycles. The molecule has 1 aromatic rings. The minimum Gasteiger partial charge on any atom is -0.391 e. The summed E-state index contributed by atoms with van der Waals surface area (Å²) < 4.78 is 0. The van der Waals surface area contributed by atoms with Crippen LogP contribution in [0.2, 0.25) is 0 Å². The summed E-state index contributed by atoms with van der Waals surface area (Å²) in [5.41, 5.74) is 2.54. The molecule has 0 radical (unpaired) electrons. The van der Waals surface area contributed by atoms with Gasteiger partial charge in [-0.15, -0.1) is 0 Å². The van der Waals surface area contributed by atoms with Crippen LogP contribution in [0, 0.1) is 0 Å². The molecular formula is C19H24N4O4. The zero-order chi connectivity index (χ0) is 19.0. The first kappa shape index (κ1) is 18.1. The van der Waals surface area contributed by atoms with Crippen molar-refractivity contribution in [2.45, 2.75) is 50.5 Å². The molecule has 3 aliphatic rings. The van der Waals surface area contributed by atoms with Crippen LogP contribution in [0.25, 0.3) is 0 Å².